The molecule has 19 heavy (non-hydrogen) atoms. The average molecular weight is 264 g/mol. The topological polar surface area (TPSA) is 86.6 Å². The number of benzene rings is 1. The van der Waals surface area contributed by atoms with Crippen molar-refractivity contribution in [3.05, 3.63) is 48.3 Å². The SMILES string of the molecule is O=C([O-])c1nc2ccc(Cn3ccnc3)cc2[nH]1.[Na+]. The number of aromatic nitrogens is 4. The summed E-state index contributed by atoms with van der Waals surface area (Å²) in [5.41, 5.74) is 2.34. The van der Waals surface area contributed by atoms with Crippen LogP contribution in [0.4, 0.5) is 0 Å². The Kier molecular flexibility index (Phi) is 4.04. The van der Waals surface area contributed by atoms with Gasteiger partial charge in [-0.1, -0.05) is 6.07 Å². The van der Waals surface area contributed by atoms with E-state index in [1.54, 1.807) is 18.6 Å². The van der Waals surface area contributed by atoms with Crippen LogP contribution in [-0.4, -0.2) is 25.5 Å². The summed E-state index contributed by atoms with van der Waals surface area (Å²) in [6.07, 6.45) is 5.30. The number of H-pyrrole nitrogens is 1. The van der Waals surface area contributed by atoms with Gasteiger partial charge in [-0.2, -0.15) is 0 Å². The van der Waals surface area contributed by atoms with Gasteiger partial charge in [-0.25, -0.2) is 9.97 Å². The van der Waals surface area contributed by atoms with E-state index in [1.165, 1.54) is 0 Å². The Morgan fingerprint density at radius 3 is 2.95 bits per heavy atom. The van der Waals surface area contributed by atoms with Gasteiger partial charge in [0.05, 0.1) is 17.4 Å². The van der Waals surface area contributed by atoms with E-state index in [2.05, 4.69) is 15.0 Å². The van der Waals surface area contributed by atoms with Gasteiger partial charge in [0, 0.05) is 18.9 Å². The number of carbonyl (C=O) groups is 1. The normalized spacial score (nSPS) is 10.3. The number of aromatic carboxylic acids is 1. The number of hydrogen-bond donors (Lipinski definition) is 1. The predicted octanol–water partition coefficient (Wildman–Crippen LogP) is -2.82. The van der Waals surface area contributed by atoms with Crippen LogP contribution in [0.3, 0.4) is 0 Å². The van der Waals surface area contributed by atoms with Crippen molar-refractivity contribution in [2.75, 3.05) is 0 Å². The Labute approximate surface area is 130 Å². The standard InChI is InChI=1S/C12H10N4O2.Na/c17-12(18)11-14-9-2-1-8(5-10(9)15-11)6-16-4-3-13-7-16;/h1-5,7H,6H2,(H,14,15)(H,17,18);/q;+1/p-1. The molecule has 0 aliphatic carbocycles. The van der Waals surface area contributed by atoms with Crippen LogP contribution in [0.1, 0.15) is 16.2 Å². The zero-order valence-electron chi connectivity index (χ0n) is 10.3. The molecule has 3 aromatic rings. The first-order chi connectivity index (χ1) is 8.72. The molecule has 0 aliphatic heterocycles. The Hall–Kier alpha value is -1.63. The van der Waals surface area contributed by atoms with Crippen molar-refractivity contribution in [1.82, 2.24) is 19.5 Å². The molecule has 0 spiro atoms. The van der Waals surface area contributed by atoms with Crippen LogP contribution in [0.15, 0.2) is 36.9 Å². The van der Waals surface area contributed by atoms with Crippen LogP contribution >= 0.6 is 0 Å². The van der Waals surface area contributed by atoms with Crippen molar-refractivity contribution in [2.24, 2.45) is 0 Å². The van der Waals surface area contributed by atoms with Gasteiger partial charge in [-0.15, -0.1) is 0 Å². The van der Waals surface area contributed by atoms with Crippen molar-refractivity contribution >= 4 is 17.0 Å². The Balaban J connectivity index is 0.00000133. The van der Waals surface area contributed by atoms with Gasteiger partial charge in [0.1, 0.15) is 5.97 Å². The van der Waals surface area contributed by atoms with E-state index in [0.717, 1.165) is 5.56 Å². The third kappa shape index (κ3) is 2.86. The number of hydrogen-bond acceptors (Lipinski definition) is 4. The summed E-state index contributed by atoms with van der Waals surface area (Å²) in [5, 5.41) is 10.7. The summed E-state index contributed by atoms with van der Waals surface area (Å²) in [7, 11) is 0. The van der Waals surface area contributed by atoms with Crippen LogP contribution in [0.25, 0.3) is 11.0 Å². The van der Waals surface area contributed by atoms with Crippen molar-refractivity contribution in [2.45, 2.75) is 6.54 Å². The molecule has 0 bridgehead atoms. The van der Waals surface area contributed by atoms with Crippen LogP contribution < -0.4 is 34.7 Å². The van der Waals surface area contributed by atoms with E-state index in [0.29, 0.717) is 17.6 Å². The monoisotopic (exact) mass is 264 g/mol. The number of nitrogens with zero attached hydrogens (tertiary/aromatic N) is 3. The second-order valence-corrected chi connectivity index (χ2v) is 3.96. The van der Waals surface area contributed by atoms with Crippen LogP contribution in [0.2, 0.25) is 0 Å². The van der Waals surface area contributed by atoms with E-state index in [4.69, 9.17) is 0 Å². The summed E-state index contributed by atoms with van der Waals surface area (Å²) in [6.45, 7) is 0.676. The van der Waals surface area contributed by atoms with Gasteiger partial charge in [0.25, 0.3) is 0 Å². The Morgan fingerprint density at radius 2 is 2.26 bits per heavy atom. The molecule has 0 saturated heterocycles. The van der Waals surface area contributed by atoms with Crippen LogP contribution in [0, 0.1) is 0 Å². The molecule has 2 aromatic heterocycles. The molecule has 0 fully saturated rings. The molecular formula is C12H9N4NaO2. The quantitative estimate of drug-likeness (QED) is 0.517. The molecule has 7 heteroatoms. The minimum Gasteiger partial charge on any atom is -0.542 e. The van der Waals surface area contributed by atoms with E-state index in [1.807, 2.05) is 22.9 Å². The Bertz CT molecular complexity index is 706. The molecule has 6 nitrogen and oxygen atoms in total. The van der Waals surface area contributed by atoms with Crippen molar-refractivity contribution in [3.63, 3.8) is 0 Å². The molecule has 0 aliphatic rings. The number of carboxylic acid groups (broad SMARTS) is 1. The maximum Gasteiger partial charge on any atom is 1.00 e. The number of aromatic amines is 1. The molecule has 1 N–H and O–H groups in total. The fraction of sp³-hybridized carbons (Fsp3) is 0.0833. The summed E-state index contributed by atoms with van der Waals surface area (Å²) in [5.74, 6) is -1.45. The average Bonchev–Trinajstić information content (AvgIpc) is 2.96. The molecular weight excluding hydrogens is 255 g/mol. The smallest absolute Gasteiger partial charge is 0.542 e. The van der Waals surface area contributed by atoms with E-state index < -0.39 is 5.97 Å². The van der Waals surface area contributed by atoms with E-state index >= 15 is 0 Å². The zero-order valence-corrected chi connectivity index (χ0v) is 12.3. The van der Waals surface area contributed by atoms with E-state index in [-0.39, 0.29) is 35.4 Å². The third-order valence-electron chi connectivity index (χ3n) is 2.66. The van der Waals surface area contributed by atoms with Gasteiger partial charge in [0.2, 0.25) is 0 Å². The number of imidazole rings is 2. The van der Waals surface area contributed by atoms with Gasteiger partial charge in [0.15, 0.2) is 5.82 Å². The molecule has 0 unspecified atom stereocenters. The maximum atomic E-state index is 10.7. The molecule has 1 aromatic carbocycles. The van der Waals surface area contributed by atoms with Gasteiger partial charge in [-0.05, 0) is 17.7 Å². The second kappa shape index (κ2) is 5.56. The number of nitrogens with one attached hydrogen (secondary N) is 1. The molecule has 0 atom stereocenters. The number of carbonyl (C=O) groups excluding carboxylic acids is 1. The molecule has 2 heterocycles. The number of carboxylic acids is 1. The van der Waals surface area contributed by atoms with Crippen molar-refractivity contribution in [3.8, 4) is 0 Å². The summed E-state index contributed by atoms with van der Waals surface area (Å²) >= 11 is 0. The molecule has 0 amide bonds. The number of fused-ring (bicyclic) bond motifs is 1. The fourth-order valence-electron chi connectivity index (χ4n) is 1.84. The second-order valence-electron chi connectivity index (χ2n) is 3.96. The molecule has 90 valence electrons. The van der Waals surface area contributed by atoms with Gasteiger partial charge in [-0.3, -0.25) is 0 Å². The first-order valence-electron chi connectivity index (χ1n) is 5.38. The maximum absolute atomic E-state index is 10.7. The summed E-state index contributed by atoms with van der Waals surface area (Å²) in [6, 6.07) is 5.56. The first kappa shape index (κ1) is 13.8. The number of rotatable bonds is 3. The predicted molar refractivity (Wildman–Crippen MR) is 61.8 cm³/mol. The minimum absolute atomic E-state index is 0. The van der Waals surface area contributed by atoms with Crippen LogP contribution in [0.5, 0.6) is 0 Å². The van der Waals surface area contributed by atoms with Crippen molar-refractivity contribution in [1.29, 1.82) is 0 Å². The molecule has 0 radical (unpaired) electrons. The van der Waals surface area contributed by atoms with E-state index in [9.17, 15) is 9.90 Å². The molecule has 0 saturated carbocycles. The zero-order chi connectivity index (χ0) is 12.5. The summed E-state index contributed by atoms with van der Waals surface area (Å²) in [4.78, 5) is 21.3. The molecule has 3 rings (SSSR count). The minimum atomic E-state index is -1.30. The largest absolute Gasteiger partial charge is 1.00 e. The third-order valence-corrected chi connectivity index (χ3v) is 2.66. The first-order valence-corrected chi connectivity index (χ1v) is 5.38. The van der Waals surface area contributed by atoms with Gasteiger partial charge >= 0.3 is 29.6 Å². The van der Waals surface area contributed by atoms with Crippen LogP contribution in [-0.2, 0) is 6.54 Å². The van der Waals surface area contributed by atoms with Gasteiger partial charge < -0.3 is 19.5 Å². The fourth-order valence-corrected chi connectivity index (χ4v) is 1.84. The van der Waals surface area contributed by atoms with Crippen molar-refractivity contribution < 1.29 is 39.5 Å². The Morgan fingerprint density at radius 1 is 1.42 bits per heavy atom. The summed E-state index contributed by atoms with van der Waals surface area (Å²) < 4.78 is 1.93.